The molecule has 0 N–H and O–H groups in total. The van der Waals surface area contributed by atoms with Crippen molar-refractivity contribution in [1.29, 1.82) is 0 Å². The van der Waals surface area contributed by atoms with Crippen LogP contribution in [0.25, 0.3) is 0 Å². The molecule has 1 aromatic rings. The Bertz CT molecular complexity index is 468. The molecule has 1 aromatic carbocycles. The van der Waals surface area contributed by atoms with Gasteiger partial charge in [0, 0.05) is 19.9 Å². The van der Waals surface area contributed by atoms with E-state index in [1.165, 1.54) is 16.8 Å². The summed E-state index contributed by atoms with van der Waals surface area (Å²) >= 11 is 0. The molecule has 0 amide bonds. The van der Waals surface area contributed by atoms with Gasteiger partial charge in [0.15, 0.2) is 0 Å². The van der Waals surface area contributed by atoms with Crippen LogP contribution in [-0.4, -0.2) is 37.9 Å². The van der Waals surface area contributed by atoms with Crippen LogP contribution in [-0.2, 0) is 8.85 Å². The summed E-state index contributed by atoms with van der Waals surface area (Å²) in [5, 5.41) is 0. The van der Waals surface area contributed by atoms with Gasteiger partial charge in [-0.1, -0.05) is 65.5 Å². The molecule has 0 aliphatic rings. The van der Waals surface area contributed by atoms with Crippen LogP contribution >= 0.6 is 0 Å². The number of hydrogen-bond donors (Lipinski definition) is 0. The molecule has 0 heterocycles. The summed E-state index contributed by atoms with van der Waals surface area (Å²) in [7, 11) is 0.324. The van der Waals surface area contributed by atoms with Crippen molar-refractivity contribution in [3.63, 3.8) is 0 Å². The van der Waals surface area contributed by atoms with Crippen LogP contribution in [0.5, 0.6) is 0 Å². The molecular weight excluding hydrogens is 318 g/mol. The minimum Gasteiger partial charge on any atom is -0.399 e. The Morgan fingerprint density at radius 2 is 1.39 bits per heavy atom. The molecule has 0 aromatic heterocycles. The molecule has 0 spiro atoms. The highest BCUT2D eigenvalue weighted by Crippen LogP contribution is 2.37. The molecule has 132 valence electrons. The van der Waals surface area contributed by atoms with E-state index in [9.17, 15) is 0 Å². The maximum atomic E-state index is 5.64. The largest absolute Gasteiger partial charge is 0.399 e. The number of anilines is 1. The molecule has 1 rings (SSSR count). The molecule has 0 radical (unpaired) electrons. The van der Waals surface area contributed by atoms with Gasteiger partial charge < -0.3 is 13.4 Å². The van der Waals surface area contributed by atoms with Crippen molar-refractivity contribution in [1.82, 2.24) is 0 Å². The SMILES string of the molecule is CO[SiH](CN(c1c(C(C)C)cccc1C(C)C)[Si](C)(C)C)OC. The fourth-order valence-corrected chi connectivity index (χ4v) is 7.46. The molecule has 5 heteroatoms. The minimum atomic E-state index is -1.66. The highest BCUT2D eigenvalue weighted by Gasteiger charge is 2.32. The summed E-state index contributed by atoms with van der Waals surface area (Å²) in [6, 6.07) is 6.78. The lowest BCUT2D eigenvalue weighted by atomic mass is 9.93. The van der Waals surface area contributed by atoms with Gasteiger partial charge in [0.05, 0.1) is 6.17 Å². The van der Waals surface area contributed by atoms with Gasteiger partial charge in [-0.25, -0.2) is 0 Å². The van der Waals surface area contributed by atoms with Crippen molar-refractivity contribution < 1.29 is 8.85 Å². The van der Waals surface area contributed by atoms with E-state index in [4.69, 9.17) is 8.85 Å². The van der Waals surface area contributed by atoms with Gasteiger partial charge >= 0.3 is 9.28 Å². The lowest BCUT2D eigenvalue weighted by Crippen LogP contribution is -2.52. The number of hydrogen-bond acceptors (Lipinski definition) is 3. The van der Waals surface area contributed by atoms with E-state index in [0.29, 0.717) is 11.8 Å². The average Bonchev–Trinajstić information content (AvgIpc) is 2.46. The van der Waals surface area contributed by atoms with Crippen LogP contribution in [0.3, 0.4) is 0 Å². The molecule has 0 unspecified atom stereocenters. The summed E-state index contributed by atoms with van der Waals surface area (Å²) in [5.41, 5.74) is 4.32. The average molecular weight is 354 g/mol. The van der Waals surface area contributed by atoms with Gasteiger partial charge in [0.25, 0.3) is 0 Å². The predicted octanol–water partition coefficient (Wildman–Crippen LogP) is 4.63. The molecule has 0 fully saturated rings. The first kappa shape index (κ1) is 20.4. The summed E-state index contributed by atoms with van der Waals surface area (Å²) in [6.45, 7) is 16.4. The van der Waals surface area contributed by atoms with Crippen molar-refractivity contribution in [2.75, 3.05) is 25.0 Å². The second-order valence-electron chi connectivity index (χ2n) is 7.78. The quantitative estimate of drug-likeness (QED) is 0.636. The van der Waals surface area contributed by atoms with Crippen LogP contribution in [0, 0.1) is 0 Å². The summed E-state index contributed by atoms with van der Waals surface area (Å²) < 4.78 is 13.9. The fraction of sp³-hybridized carbons (Fsp3) is 0.667. The molecular formula is C18H35NO2Si2. The monoisotopic (exact) mass is 353 g/mol. The van der Waals surface area contributed by atoms with E-state index >= 15 is 0 Å². The third-order valence-electron chi connectivity index (χ3n) is 4.28. The molecule has 0 saturated heterocycles. The van der Waals surface area contributed by atoms with E-state index in [2.05, 4.69) is 70.1 Å². The molecule has 0 bridgehead atoms. The van der Waals surface area contributed by atoms with Crippen molar-refractivity contribution in [2.45, 2.75) is 59.2 Å². The van der Waals surface area contributed by atoms with Crippen molar-refractivity contribution >= 4 is 23.2 Å². The third-order valence-corrected chi connectivity index (χ3v) is 8.39. The zero-order valence-corrected chi connectivity index (χ0v) is 18.6. The number of nitrogens with zero attached hydrogens (tertiary/aromatic N) is 1. The molecule has 0 atom stereocenters. The van der Waals surface area contributed by atoms with Gasteiger partial charge in [0.2, 0.25) is 0 Å². The number of benzene rings is 1. The highest BCUT2D eigenvalue weighted by atomic mass is 28.3. The highest BCUT2D eigenvalue weighted by molar-refractivity contribution is 6.80. The standard InChI is InChI=1S/C18H35NO2Si2/c1-14(2)16-11-10-12-17(15(3)4)18(16)19(23(7,8)9)13-22(20-5)21-6/h10-12,14-15,22H,13H2,1-9H3. The molecule has 23 heavy (non-hydrogen) atoms. The lowest BCUT2D eigenvalue weighted by molar-refractivity contribution is 0.279. The topological polar surface area (TPSA) is 21.7 Å². The van der Waals surface area contributed by atoms with Gasteiger partial charge in [0.1, 0.15) is 8.24 Å². The Balaban J connectivity index is 3.50. The Kier molecular flexibility index (Phi) is 7.52. The molecule has 0 aliphatic carbocycles. The lowest BCUT2D eigenvalue weighted by Gasteiger charge is -2.41. The number of para-hydroxylation sites is 1. The first-order valence-electron chi connectivity index (χ1n) is 8.59. The van der Waals surface area contributed by atoms with Crippen LogP contribution in [0.2, 0.25) is 19.6 Å². The van der Waals surface area contributed by atoms with Crippen molar-refractivity contribution in [3.8, 4) is 0 Å². The summed E-state index contributed by atoms with van der Waals surface area (Å²) in [6.07, 6.45) is 0.909. The summed E-state index contributed by atoms with van der Waals surface area (Å²) in [4.78, 5) is 0. The first-order chi connectivity index (χ1) is 10.6. The maximum absolute atomic E-state index is 5.64. The van der Waals surface area contributed by atoms with Crippen molar-refractivity contribution in [2.24, 2.45) is 0 Å². The minimum absolute atomic E-state index is 0.507. The van der Waals surface area contributed by atoms with Gasteiger partial charge in [-0.15, -0.1) is 0 Å². The van der Waals surface area contributed by atoms with Crippen LogP contribution in [0.1, 0.15) is 50.7 Å². The van der Waals surface area contributed by atoms with E-state index < -0.39 is 17.5 Å². The molecule has 3 nitrogen and oxygen atoms in total. The van der Waals surface area contributed by atoms with Crippen LogP contribution in [0.15, 0.2) is 18.2 Å². The van der Waals surface area contributed by atoms with Gasteiger partial charge in [-0.05, 0) is 23.0 Å². The van der Waals surface area contributed by atoms with E-state index in [-0.39, 0.29) is 0 Å². The molecule has 0 aliphatic heterocycles. The Hall–Kier alpha value is -0.626. The van der Waals surface area contributed by atoms with Crippen LogP contribution in [0.4, 0.5) is 5.69 Å². The van der Waals surface area contributed by atoms with Gasteiger partial charge in [-0.3, -0.25) is 0 Å². The first-order valence-corrected chi connectivity index (χ1v) is 13.8. The zero-order valence-electron chi connectivity index (χ0n) is 16.4. The summed E-state index contributed by atoms with van der Waals surface area (Å²) in [5.74, 6) is 1.01. The second kappa shape index (κ2) is 8.47. The van der Waals surface area contributed by atoms with Crippen LogP contribution < -0.4 is 4.57 Å². The smallest absolute Gasteiger partial charge is 0.340 e. The number of rotatable bonds is 8. The Morgan fingerprint density at radius 3 is 1.70 bits per heavy atom. The fourth-order valence-electron chi connectivity index (χ4n) is 2.92. The van der Waals surface area contributed by atoms with E-state index in [1.54, 1.807) is 14.2 Å². The zero-order chi connectivity index (χ0) is 17.8. The van der Waals surface area contributed by atoms with E-state index in [0.717, 1.165) is 6.17 Å². The Morgan fingerprint density at radius 1 is 0.957 bits per heavy atom. The van der Waals surface area contributed by atoms with E-state index in [1.807, 2.05) is 0 Å². The molecule has 0 saturated carbocycles. The predicted molar refractivity (Wildman–Crippen MR) is 106 cm³/mol. The normalized spacial score (nSPS) is 12.5. The Labute approximate surface area is 145 Å². The van der Waals surface area contributed by atoms with Crippen molar-refractivity contribution in [3.05, 3.63) is 29.3 Å². The van der Waals surface area contributed by atoms with Gasteiger partial charge in [-0.2, -0.15) is 0 Å². The third kappa shape index (κ3) is 5.17. The maximum Gasteiger partial charge on any atom is 0.340 e. The second-order valence-corrected chi connectivity index (χ2v) is 14.8.